The van der Waals surface area contributed by atoms with Gasteiger partial charge in [-0.1, -0.05) is 31.2 Å². The molecule has 200 valence electrons. The van der Waals surface area contributed by atoms with E-state index in [-0.39, 0.29) is 18.4 Å². The zero-order chi connectivity index (χ0) is 27.2. The molecule has 0 saturated heterocycles. The van der Waals surface area contributed by atoms with Crippen LogP contribution in [0.1, 0.15) is 37.8 Å². The minimum absolute atomic E-state index is 0.148. The highest BCUT2D eigenvalue weighted by molar-refractivity contribution is 6.01. The molecular weight excluding hydrogens is 486 g/mol. The molecule has 2 aromatic carbocycles. The van der Waals surface area contributed by atoms with Crippen molar-refractivity contribution in [1.82, 2.24) is 20.3 Å². The van der Waals surface area contributed by atoms with Crippen molar-refractivity contribution in [3.63, 3.8) is 0 Å². The second-order valence-corrected chi connectivity index (χ2v) is 9.36. The topological polar surface area (TPSA) is 112 Å². The van der Waals surface area contributed by atoms with Crippen LogP contribution in [0.4, 0.5) is 5.69 Å². The van der Waals surface area contributed by atoms with Gasteiger partial charge in [-0.2, -0.15) is 0 Å². The van der Waals surface area contributed by atoms with Crippen LogP contribution in [0.25, 0.3) is 11.0 Å². The largest absolute Gasteiger partial charge is 0.493 e. The quantitative estimate of drug-likeness (QED) is 0.315. The van der Waals surface area contributed by atoms with E-state index in [0.717, 1.165) is 6.42 Å². The molecule has 4 aromatic rings. The summed E-state index contributed by atoms with van der Waals surface area (Å²) in [4.78, 5) is 29.2. The van der Waals surface area contributed by atoms with E-state index in [2.05, 4.69) is 29.5 Å². The molecule has 0 fully saturated rings. The van der Waals surface area contributed by atoms with Crippen molar-refractivity contribution < 1.29 is 23.5 Å². The third kappa shape index (κ3) is 5.80. The molecule has 0 aliphatic rings. The number of aryl methyl sites for hydroxylation is 1. The number of hydrogen-bond donors (Lipinski definition) is 1. The fraction of sp³-hybridized carbons (Fsp3) is 0.357. The second kappa shape index (κ2) is 11.8. The van der Waals surface area contributed by atoms with Crippen molar-refractivity contribution >= 4 is 28.5 Å². The maximum atomic E-state index is 14.1. The predicted molar refractivity (Wildman–Crippen MR) is 143 cm³/mol. The number of benzene rings is 2. The van der Waals surface area contributed by atoms with Crippen molar-refractivity contribution in [3.8, 4) is 11.5 Å². The predicted octanol–water partition coefficient (Wildman–Crippen LogP) is 4.29. The van der Waals surface area contributed by atoms with Gasteiger partial charge in [-0.25, -0.2) is 4.68 Å². The normalized spacial score (nSPS) is 11.9. The Morgan fingerprint density at radius 1 is 1.05 bits per heavy atom. The number of ether oxygens (including phenoxy) is 2. The Morgan fingerprint density at radius 3 is 2.50 bits per heavy atom. The molecule has 38 heavy (non-hydrogen) atoms. The van der Waals surface area contributed by atoms with Gasteiger partial charge in [0.1, 0.15) is 23.6 Å². The van der Waals surface area contributed by atoms with E-state index < -0.39 is 6.04 Å². The van der Waals surface area contributed by atoms with Crippen LogP contribution >= 0.6 is 0 Å². The maximum Gasteiger partial charge on any atom is 0.251 e. The van der Waals surface area contributed by atoms with Gasteiger partial charge in [-0.05, 0) is 55.7 Å². The number of nitrogens with one attached hydrogen (secondary N) is 1. The van der Waals surface area contributed by atoms with E-state index in [1.807, 2.05) is 24.3 Å². The molecule has 4 rings (SSSR count). The van der Waals surface area contributed by atoms with Gasteiger partial charge < -0.3 is 19.2 Å². The molecule has 10 nitrogen and oxygen atoms in total. The summed E-state index contributed by atoms with van der Waals surface area (Å²) in [5, 5.41) is 11.3. The number of para-hydroxylation sites is 1. The third-order valence-corrected chi connectivity index (χ3v) is 6.18. The van der Waals surface area contributed by atoms with Gasteiger partial charge in [0.25, 0.3) is 5.91 Å². The van der Waals surface area contributed by atoms with Crippen LogP contribution in [0.2, 0.25) is 0 Å². The summed E-state index contributed by atoms with van der Waals surface area (Å²) in [5.41, 5.74) is 1.82. The molecule has 0 aliphatic carbocycles. The zero-order valence-corrected chi connectivity index (χ0v) is 22.3. The molecule has 1 N–H and O–H groups in total. The standard InChI is InChI=1S/C28H33N5O5/c1-18(2)14-15-29-28(35)27(24-12-10-19(3)38-24)33(20-11-13-23(36-4)25(16-20)37-5)26(34)17-32-22-9-7-6-8-21(22)30-31-32/h6-13,16,18,27H,14-15,17H2,1-5H3,(H,29,35)/t27-/m0/s1. The van der Waals surface area contributed by atoms with E-state index in [1.54, 1.807) is 37.3 Å². The minimum atomic E-state index is -1.07. The smallest absolute Gasteiger partial charge is 0.251 e. The van der Waals surface area contributed by atoms with Crippen LogP contribution in [0.15, 0.2) is 59.0 Å². The van der Waals surface area contributed by atoms with Crippen LogP contribution in [0, 0.1) is 12.8 Å². The fourth-order valence-electron chi connectivity index (χ4n) is 4.21. The fourth-order valence-corrected chi connectivity index (χ4v) is 4.21. The molecule has 0 saturated carbocycles. The van der Waals surface area contributed by atoms with E-state index in [4.69, 9.17) is 13.9 Å². The molecule has 0 radical (unpaired) electrons. The van der Waals surface area contributed by atoms with Gasteiger partial charge in [-0.15, -0.1) is 5.10 Å². The third-order valence-electron chi connectivity index (χ3n) is 6.18. The Hall–Kier alpha value is -4.34. The number of nitrogens with zero attached hydrogens (tertiary/aromatic N) is 4. The Balaban J connectivity index is 1.79. The highest BCUT2D eigenvalue weighted by atomic mass is 16.5. The first-order valence-corrected chi connectivity index (χ1v) is 12.5. The number of amides is 2. The van der Waals surface area contributed by atoms with Crippen molar-refractivity contribution in [1.29, 1.82) is 0 Å². The Labute approximate surface area is 221 Å². The Bertz CT molecular complexity index is 1410. The lowest BCUT2D eigenvalue weighted by atomic mass is 10.1. The maximum absolute atomic E-state index is 14.1. The first kappa shape index (κ1) is 26.7. The van der Waals surface area contributed by atoms with Gasteiger partial charge in [-0.3, -0.25) is 14.5 Å². The van der Waals surface area contributed by atoms with Crippen LogP contribution in [0.5, 0.6) is 11.5 Å². The number of rotatable bonds is 11. The summed E-state index contributed by atoms with van der Waals surface area (Å²) in [6, 6.07) is 14.9. The number of hydrogen-bond acceptors (Lipinski definition) is 7. The molecular formula is C28H33N5O5. The molecule has 10 heteroatoms. The number of carbonyl (C=O) groups is 2. The van der Waals surface area contributed by atoms with Gasteiger partial charge in [0.2, 0.25) is 5.91 Å². The van der Waals surface area contributed by atoms with Gasteiger partial charge in [0.15, 0.2) is 17.5 Å². The lowest BCUT2D eigenvalue weighted by molar-refractivity contribution is -0.127. The molecule has 0 aliphatic heterocycles. The van der Waals surface area contributed by atoms with Crippen LogP contribution in [0.3, 0.4) is 0 Å². The first-order chi connectivity index (χ1) is 18.3. The molecule has 0 bridgehead atoms. The van der Waals surface area contributed by atoms with Crippen molar-refractivity contribution in [2.24, 2.45) is 5.92 Å². The van der Waals surface area contributed by atoms with E-state index in [9.17, 15) is 9.59 Å². The van der Waals surface area contributed by atoms with E-state index in [0.29, 0.717) is 52.2 Å². The average molecular weight is 520 g/mol. The lowest BCUT2D eigenvalue weighted by Crippen LogP contribution is -2.45. The van der Waals surface area contributed by atoms with Crippen molar-refractivity contribution in [3.05, 3.63) is 66.1 Å². The number of carbonyl (C=O) groups excluding carboxylic acids is 2. The van der Waals surface area contributed by atoms with Crippen LogP contribution in [-0.4, -0.2) is 47.6 Å². The van der Waals surface area contributed by atoms with Gasteiger partial charge in [0, 0.05) is 18.3 Å². The lowest BCUT2D eigenvalue weighted by Gasteiger charge is -2.30. The minimum Gasteiger partial charge on any atom is -0.493 e. The highest BCUT2D eigenvalue weighted by Gasteiger charge is 2.36. The number of aromatic nitrogens is 3. The number of furan rings is 1. The van der Waals surface area contributed by atoms with Crippen molar-refractivity contribution in [2.45, 2.75) is 39.8 Å². The number of fused-ring (bicyclic) bond motifs is 1. The van der Waals surface area contributed by atoms with Crippen molar-refractivity contribution in [2.75, 3.05) is 25.7 Å². The van der Waals surface area contributed by atoms with Crippen LogP contribution < -0.4 is 19.7 Å². The van der Waals surface area contributed by atoms with E-state index >= 15 is 0 Å². The average Bonchev–Trinajstić information content (AvgIpc) is 3.52. The number of anilines is 1. The molecule has 1 atom stereocenters. The molecule has 2 aromatic heterocycles. The monoisotopic (exact) mass is 519 g/mol. The molecule has 0 unspecified atom stereocenters. The molecule has 0 spiro atoms. The zero-order valence-electron chi connectivity index (χ0n) is 22.3. The highest BCUT2D eigenvalue weighted by Crippen LogP contribution is 2.36. The molecule has 2 heterocycles. The number of methoxy groups -OCH3 is 2. The summed E-state index contributed by atoms with van der Waals surface area (Å²) in [7, 11) is 3.05. The summed E-state index contributed by atoms with van der Waals surface area (Å²) in [6.45, 7) is 6.28. The Kier molecular flexibility index (Phi) is 8.30. The summed E-state index contributed by atoms with van der Waals surface area (Å²) in [5.74, 6) is 1.56. The molecule has 2 amide bonds. The summed E-state index contributed by atoms with van der Waals surface area (Å²) in [6.07, 6.45) is 0.797. The Morgan fingerprint density at radius 2 is 1.82 bits per heavy atom. The van der Waals surface area contributed by atoms with E-state index in [1.165, 1.54) is 23.8 Å². The summed E-state index contributed by atoms with van der Waals surface area (Å²) >= 11 is 0. The second-order valence-electron chi connectivity index (χ2n) is 9.36. The van der Waals surface area contributed by atoms with Gasteiger partial charge in [0.05, 0.1) is 19.7 Å². The van der Waals surface area contributed by atoms with Gasteiger partial charge >= 0.3 is 0 Å². The summed E-state index contributed by atoms with van der Waals surface area (Å²) < 4.78 is 18.3. The van der Waals surface area contributed by atoms with Crippen LogP contribution in [-0.2, 0) is 16.1 Å². The SMILES string of the molecule is COc1ccc(N(C(=O)Cn2nnc3ccccc32)[C@H](C(=O)NCCC(C)C)c2ccc(C)o2)cc1OC. The first-order valence-electron chi connectivity index (χ1n) is 12.5.